The van der Waals surface area contributed by atoms with Crippen LogP contribution in [0, 0.1) is 0 Å². The van der Waals surface area contributed by atoms with Crippen LogP contribution in [-0.2, 0) is 10.8 Å². The zero-order chi connectivity index (χ0) is 62.4. The first kappa shape index (κ1) is 60.2. The van der Waals surface area contributed by atoms with Crippen molar-refractivity contribution in [2.24, 2.45) is 0 Å². The molecule has 14 rings (SSSR count). The van der Waals surface area contributed by atoms with Gasteiger partial charge in [-0.25, -0.2) is 0 Å². The number of rotatable bonds is 23. The van der Waals surface area contributed by atoms with Crippen LogP contribution in [0.15, 0.2) is 361 Å². The molecule has 0 unspecified atom stereocenters. The fourth-order valence-corrected chi connectivity index (χ4v) is 16.4. The monoisotopic (exact) mass is 1260 g/mol. The Bertz CT molecular complexity index is 4210. The fraction of sp³-hybridized carbons (Fsp3) is 0.0698. The molecule has 0 saturated carbocycles. The largest absolute Gasteiger partial charge is 0.310 e. The minimum atomic E-state index is -0.592. The molecule has 0 aliphatic heterocycles. The molecule has 2 aliphatic rings. The molecule has 0 bridgehead atoms. The zero-order valence-corrected chi connectivity index (χ0v) is 54.5. The summed E-state index contributed by atoms with van der Waals surface area (Å²) in [5.41, 5.74) is 22.6. The van der Waals surface area contributed by atoms with Gasteiger partial charge in [0.25, 0.3) is 0 Å². The molecule has 0 radical (unpaired) electrons. The molecule has 0 N–H and O–H groups in total. The summed E-state index contributed by atoms with van der Waals surface area (Å²) < 4.78 is 0. The third-order valence-corrected chi connectivity index (χ3v) is 21.8. The Morgan fingerprint density at radius 1 is 0.250 bits per heavy atom. The highest BCUT2D eigenvalue weighted by Crippen LogP contribution is 2.60. The molecular formula is C86H68N2S4. The number of nitrogens with zero attached hydrogens (tertiary/aromatic N) is 2. The molecule has 0 heterocycles. The highest BCUT2D eigenvalue weighted by molar-refractivity contribution is 8.00. The zero-order valence-electron chi connectivity index (χ0n) is 51.2. The van der Waals surface area contributed by atoms with E-state index in [1.165, 1.54) is 86.3 Å². The van der Waals surface area contributed by atoms with Gasteiger partial charge in [-0.05, 0) is 199 Å². The van der Waals surface area contributed by atoms with Crippen LogP contribution in [0.4, 0.5) is 34.1 Å². The highest BCUT2D eigenvalue weighted by atomic mass is 32.2. The van der Waals surface area contributed by atoms with Crippen LogP contribution in [0.5, 0.6) is 0 Å². The molecule has 0 aromatic heterocycles. The van der Waals surface area contributed by atoms with Crippen LogP contribution < -0.4 is 9.80 Å². The van der Waals surface area contributed by atoms with E-state index in [4.69, 9.17) is 0 Å². The summed E-state index contributed by atoms with van der Waals surface area (Å²) in [6.07, 6.45) is 7.88. The number of hydrogen-bond donors (Lipinski definition) is 0. The van der Waals surface area contributed by atoms with Crippen molar-refractivity contribution >= 4 is 81.2 Å². The molecule has 446 valence electrons. The Labute approximate surface area is 559 Å². The van der Waals surface area contributed by atoms with E-state index in [0.29, 0.717) is 0 Å². The van der Waals surface area contributed by atoms with Crippen molar-refractivity contribution in [3.8, 4) is 33.4 Å². The van der Waals surface area contributed by atoms with Crippen LogP contribution in [-0.4, -0.2) is 23.0 Å². The van der Waals surface area contributed by atoms with E-state index < -0.39 is 10.8 Å². The fourth-order valence-electron chi connectivity index (χ4n) is 13.9. The first-order valence-corrected chi connectivity index (χ1v) is 35.2. The Hall–Kier alpha value is -9.40. The number of thioether (sulfide) groups is 4. The Balaban J connectivity index is 0.839. The summed E-state index contributed by atoms with van der Waals surface area (Å²) in [5, 5.41) is 0. The van der Waals surface area contributed by atoms with Crippen molar-refractivity contribution in [3.05, 3.63) is 386 Å². The van der Waals surface area contributed by atoms with Gasteiger partial charge in [-0.1, -0.05) is 194 Å². The van der Waals surface area contributed by atoms with Crippen molar-refractivity contribution in [3.63, 3.8) is 0 Å². The molecular weight excluding hydrogens is 1190 g/mol. The lowest BCUT2D eigenvalue weighted by molar-refractivity contribution is 0.766. The van der Waals surface area contributed by atoms with E-state index in [-0.39, 0.29) is 0 Å². The molecule has 0 atom stereocenters. The molecule has 0 spiro atoms. The molecule has 2 nitrogen and oxygen atoms in total. The topological polar surface area (TPSA) is 6.48 Å². The third-order valence-electron chi connectivity index (χ3n) is 17.8. The summed E-state index contributed by atoms with van der Waals surface area (Å²) >= 11 is 7.24. The maximum atomic E-state index is 4.00. The van der Waals surface area contributed by atoms with Crippen LogP contribution in [0.2, 0.25) is 0 Å². The van der Waals surface area contributed by atoms with Gasteiger partial charge in [0, 0.05) is 76.7 Å². The van der Waals surface area contributed by atoms with Gasteiger partial charge in [-0.2, -0.15) is 0 Å². The van der Waals surface area contributed by atoms with Gasteiger partial charge in [0.05, 0.1) is 10.8 Å². The number of para-hydroxylation sites is 2. The summed E-state index contributed by atoms with van der Waals surface area (Å²) in [4.78, 5) is 9.71. The van der Waals surface area contributed by atoms with Crippen molar-refractivity contribution in [1.82, 2.24) is 0 Å². The molecule has 92 heavy (non-hydrogen) atoms. The third kappa shape index (κ3) is 11.1. The van der Waals surface area contributed by atoms with Gasteiger partial charge < -0.3 is 9.80 Å². The lowest BCUT2D eigenvalue weighted by Crippen LogP contribution is -2.28. The van der Waals surface area contributed by atoms with Crippen molar-refractivity contribution < 1.29 is 0 Å². The summed E-state index contributed by atoms with van der Waals surface area (Å²) in [6, 6.07) is 109. The van der Waals surface area contributed by atoms with E-state index in [1.807, 2.05) is 71.4 Å². The van der Waals surface area contributed by atoms with Gasteiger partial charge in [0.2, 0.25) is 0 Å². The van der Waals surface area contributed by atoms with Crippen LogP contribution in [0.1, 0.15) is 44.5 Å². The van der Waals surface area contributed by atoms with Crippen LogP contribution in [0.25, 0.3) is 33.4 Å². The minimum absolute atomic E-state index is 0.592. The summed E-state index contributed by atoms with van der Waals surface area (Å²) in [5.74, 6) is 3.42. The van der Waals surface area contributed by atoms with E-state index in [2.05, 4.69) is 327 Å². The SMILES string of the molecule is C=CCSc1ccc(C2(c3ccc(SCC=C)cc3)c3ccccc3-c3ccc(N(c4ccccc4)c4ccc(-c5ccc(N(c6ccccc6)c6ccc7c(c6)C(c6ccc(SCC=C)cc6)(c6ccc(SCC=C)cc6)c6ccccc6-7)cc5)cc4)cc32)cc1. The number of fused-ring (bicyclic) bond motifs is 6. The van der Waals surface area contributed by atoms with E-state index in [0.717, 1.165) is 68.3 Å². The normalized spacial score (nSPS) is 12.8. The average Bonchev–Trinajstić information content (AvgIpc) is 1.53. The molecule has 0 amide bonds. The molecule has 6 heteroatoms. The molecule has 12 aromatic rings. The minimum Gasteiger partial charge on any atom is -0.310 e. The molecule has 0 saturated heterocycles. The van der Waals surface area contributed by atoms with Crippen LogP contribution >= 0.6 is 47.0 Å². The molecule has 0 fully saturated rings. The Morgan fingerprint density at radius 2 is 0.511 bits per heavy atom. The Kier molecular flexibility index (Phi) is 17.5. The van der Waals surface area contributed by atoms with Gasteiger partial charge in [-0.3, -0.25) is 0 Å². The van der Waals surface area contributed by atoms with Gasteiger partial charge in [0.1, 0.15) is 0 Å². The first-order valence-electron chi connectivity index (χ1n) is 31.2. The second-order valence-corrected chi connectivity index (χ2v) is 27.4. The van der Waals surface area contributed by atoms with Crippen LogP contribution in [0.3, 0.4) is 0 Å². The molecule has 12 aromatic carbocycles. The van der Waals surface area contributed by atoms with E-state index in [9.17, 15) is 0 Å². The van der Waals surface area contributed by atoms with E-state index >= 15 is 0 Å². The lowest BCUT2D eigenvalue weighted by atomic mass is 9.67. The number of benzene rings is 12. The van der Waals surface area contributed by atoms with Crippen molar-refractivity contribution in [2.45, 2.75) is 30.4 Å². The van der Waals surface area contributed by atoms with Gasteiger partial charge in [0.15, 0.2) is 0 Å². The predicted molar refractivity (Wildman–Crippen MR) is 400 cm³/mol. The quantitative estimate of drug-likeness (QED) is 0.0462. The molecule has 2 aliphatic carbocycles. The highest BCUT2D eigenvalue weighted by Gasteiger charge is 2.48. The predicted octanol–water partition coefficient (Wildman–Crippen LogP) is 24.1. The second-order valence-electron chi connectivity index (χ2n) is 23.0. The maximum absolute atomic E-state index is 4.00. The van der Waals surface area contributed by atoms with Gasteiger partial charge >= 0.3 is 0 Å². The average molecular weight is 1260 g/mol. The van der Waals surface area contributed by atoms with Gasteiger partial charge in [-0.15, -0.1) is 73.4 Å². The summed E-state index contributed by atoms with van der Waals surface area (Å²) in [6.45, 7) is 16.0. The second kappa shape index (κ2) is 26.8. The smallest absolute Gasteiger partial charge is 0.0714 e. The van der Waals surface area contributed by atoms with Crippen molar-refractivity contribution in [2.75, 3.05) is 32.8 Å². The lowest BCUT2D eigenvalue weighted by Gasteiger charge is -2.35. The number of anilines is 6. The maximum Gasteiger partial charge on any atom is 0.0714 e. The first-order chi connectivity index (χ1) is 45.4. The number of hydrogen-bond acceptors (Lipinski definition) is 6. The Morgan fingerprint density at radius 3 is 0.815 bits per heavy atom. The standard InChI is InChI=1S/C86H68N2S4/c1-5-55-89-73-45-31-63(32-46-73)85(64-33-47-74(48-34-64)90-56-6-2)81-25-17-15-23-77(81)79-53-43-71(59-83(79)85)87(67-19-11-9-12-20-67)69-39-27-61(28-40-69)62-29-41-70(42-30-62)88(68-21-13-10-14-22-68)72-44-54-80-78-24-16-18-26-82(78)86(84(80)60-72,65-35-49-75(50-36-65)91-57-7-3)66-37-51-76(52-38-66)92-58-8-4/h5-54,59-60H,1-4,55-58H2. The summed E-state index contributed by atoms with van der Waals surface area (Å²) in [7, 11) is 0. The van der Waals surface area contributed by atoms with E-state index in [1.54, 1.807) is 0 Å². The van der Waals surface area contributed by atoms with Crippen molar-refractivity contribution in [1.29, 1.82) is 0 Å².